The molecule has 0 radical (unpaired) electrons. The highest BCUT2D eigenvalue weighted by molar-refractivity contribution is 5.84. The molecule has 0 unspecified atom stereocenters. The number of aromatic nitrogens is 1. The summed E-state index contributed by atoms with van der Waals surface area (Å²) in [6.07, 6.45) is 2.40. The first-order valence-electron chi connectivity index (χ1n) is 10.1. The SMILES string of the molecule is CCc1c(CC(=O)N2CC(OC(C)(C)C)C2)cccc1-c1ccnc(N)c1[N+](=O)[O-]. The Labute approximate surface area is 176 Å². The first-order valence-corrected chi connectivity index (χ1v) is 10.1. The number of benzene rings is 1. The maximum atomic E-state index is 12.8. The number of nitro groups is 1. The molecule has 0 bridgehead atoms. The first kappa shape index (κ1) is 21.7. The molecule has 1 aromatic heterocycles. The molecule has 0 aliphatic carbocycles. The second-order valence-corrected chi connectivity index (χ2v) is 8.47. The van der Waals surface area contributed by atoms with Gasteiger partial charge in [-0.3, -0.25) is 14.9 Å². The minimum Gasteiger partial charge on any atom is -0.378 e. The fraction of sp³-hybridized carbons (Fsp3) is 0.455. The van der Waals surface area contributed by atoms with Crippen LogP contribution in [0.25, 0.3) is 11.1 Å². The standard InChI is InChI=1S/C22H28N4O4/c1-5-16-14(11-19(27)25-12-15(13-25)30-22(2,3)4)7-6-8-17(16)18-9-10-24-21(23)20(18)26(28)29/h6-10,15H,5,11-13H2,1-4H3,(H2,23,24). The van der Waals surface area contributed by atoms with Gasteiger partial charge in [0.05, 0.1) is 28.6 Å². The number of hydrogen-bond acceptors (Lipinski definition) is 6. The summed E-state index contributed by atoms with van der Waals surface area (Å²) in [6.45, 7) is 9.15. The van der Waals surface area contributed by atoms with Crippen LogP contribution >= 0.6 is 0 Å². The van der Waals surface area contributed by atoms with E-state index in [4.69, 9.17) is 10.5 Å². The number of carbonyl (C=O) groups is 1. The van der Waals surface area contributed by atoms with Gasteiger partial charge >= 0.3 is 5.69 Å². The molecule has 0 atom stereocenters. The van der Waals surface area contributed by atoms with Gasteiger partial charge in [0, 0.05) is 19.3 Å². The maximum absolute atomic E-state index is 12.8. The maximum Gasteiger partial charge on any atom is 0.318 e. The van der Waals surface area contributed by atoms with Gasteiger partial charge in [-0.1, -0.05) is 25.1 Å². The summed E-state index contributed by atoms with van der Waals surface area (Å²) in [5, 5.41) is 11.6. The van der Waals surface area contributed by atoms with Crippen LogP contribution in [0.4, 0.5) is 11.5 Å². The third-order valence-electron chi connectivity index (χ3n) is 5.11. The topological polar surface area (TPSA) is 112 Å². The number of ether oxygens (including phenoxy) is 1. The van der Waals surface area contributed by atoms with E-state index < -0.39 is 4.92 Å². The van der Waals surface area contributed by atoms with E-state index in [0.29, 0.717) is 30.6 Å². The minimum absolute atomic E-state index is 0.0272. The number of pyridine rings is 1. The van der Waals surface area contributed by atoms with E-state index in [0.717, 1.165) is 11.1 Å². The predicted molar refractivity (Wildman–Crippen MR) is 115 cm³/mol. The van der Waals surface area contributed by atoms with Gasteiger partial charge in [-0.25, -0.2) is 4.98 Å². The van der Waals surface area contributed by atoms with E-state index in [1.807, 2.05) is 45.9 Å². The largest absolute Gasteiger partial charge is 0.378 e. The number of likely N-dealkylation sites (tertiary alicyclic amines) is 1. The molecule has 8 heteroatoms. The fourth-order valence-electron chi connectivity index (χ4n) is 3.84. The van der Waals surface area contributed by atoms with Crippen LogP contribution in [0.15, 0.2) is 30.5 Å². The predicted octanol–water partition coefficient (Wildman–Crippen LogP) is 3.37. The van der Waals surface area contributed by atoms with Crippen molar-refractivity contribution in [3.63, 3.8) is 0 Å². The van der Waals surface area contributed by atoms with Crippen molar-refractivity contribution in [3.8, 4) is 11.1 Å². The molecule has 1 saturated heterocycles. The lowest BCUT2D eigenvalue weighted by molar-refractivity contribution is -0.383. The lowest BCUT2D eigenvalue weighted by atomic mass is 9.91. The molecule has 160 valence electrons. The van der Waals surface area contributed by atoms with Gasteiger partial charge in [0.25, 0.3) is 0 Å². The Morgan fingerprint density at radius 1 is 1.30 bits per heavy atom. The van der Waals surface area contributed by atoms with Crippen LogP contribution < -0.4 is 5.73 Å². The van der Waals surface area contributed by atoms with Gasteiger partial charge in [-0.15, -0.1) is 0 Å². The summed E-state index contributed by atoms with van der Waals surface area (Å²) >= 11 is 0. The van der Waals surface area contributed by atoms with Crippen molar-refractivity contribution in [1.29, 1.82) is 0 Å². The van der Waals surface area contributed by atoms with Gasteiger partial charge in [0.15, 0.2) is 0 Å². The molecular formula is C22H28N4O4. The Morgan fingerprint density at radius 2 is 2.00 bits per heavy atom. The molecule has 8 nitrogen and oxygen atoms in total. The van der Waals surface area contributed by atoms with E-state index in [9.17, 15) is 14.9 Å². The molecule has 30 heavy (non-hydrogen) atoms. The highest BCUT2D eigenvalue weighted by Gasteiger charge is 2.34. The summed E-state index contributed by atoms with van der Waals surface area (Å²) in [5.41, 5.74) is 8.23. The van der Waals surface area contributed by atoms with Crippen LogP contribution in [-0.2, 0) is 22.4 Å². The van der Waals surface area contributed by atoms with Crippen molar-refractivity contribution >= 4 is 17.4 Å². The Morgan fingerprint density at radius 3 is 2.60 bits per heavy atom. The lowest BCUT2D eigenvalue weighted by Crippen LogP contribution is -2.57. The third kappa shape index (κ3) is 4.59. The van der Waals surface area contributed by atoms with Gasteiger partial charge in [0.2, 0.25) is 11.7 Å². The molecule has 1 aromatic carbocycles. The number of amides is 1. The highest BCUT2D eigenvalue weighted by Crippen LogP contribution is 2.36. The zero-order valence-electron chi connectivity index (χ0n) is 17.8. The first-order chi connectivity index (χ1) is 14.1. The summed E-state index contributed by atoms with van der Waals surface area (Å²) in [7, 11) is 0. The molecule has 1 amide bonds. The Kier molecular flexibility index (Phi) is 6.07. The zero-order valence-corrected chi connectivity index (χ0v) is 17.8. The van der Waals surface area contributed by atoms with Crippen molar-refractivity contribution in [2.45, 2.75) is 52.2 Å². The normalized spacial score (nSPS) is 14.5. The number of nitrogens with zero attached hydrogens (tertiary/aromatic N) is 3. The van der Waals surface area contributed by atoms with Crippen LogP contribution in [-0.4, -0.2) is 45.5 Å². The van der Waals surface area contributed by atoms with Crippen molar-refractivity contribution in [2.24, 2.45) is 0 Å². The van der Waals surface area contributed by atoms with Crippen molar-refractivity contribution < 1.29 is 14.5 Å². The Bertz CT molecular complexity index is 962. The third-order valence-corrected chi connectivity index (χ3v) is 5.11. The Hall–Kier alpha value is -3.00. The number of anilines is 1. The number of nitrogens with two attached hydrogens (primary N) is 1. The van der Waals surface area contributed by atoms with Crippen LogP contribution in [0.2, 0.25) is 0 Å². The number of nitrogen functional groups attached to an aromatic ring is 1. The van der Waals surface area contributed by atoms with E-state index in [2.05, 4.69) is 4.98 Å². The number of hydrogen-bond donors (Lipinski definition) is 1. The van der Waals surface area contributed by atoms with Crippen LogP contribution in [0.1, 0.15) is 38.8 Å². The second-order valence-electron chi connectivity index (χ2n) is 8.47. The smallest absolute Gasteiger partial charge is 0.318 e. The highest BCUT2D eigenvalue weighted by atomic mass is 16.6. The van der Waals surface area contributed by atoms with E-state index in [1.54, 1.807) is 11.0 Å². The number of rotatable bonds is 6. The number of carbonyl (C=O) groups excluding carboxylic acids is 1. The second kappa shape index (κ2) is 8.39. The average Bonchev–Trinajstić information content (AvgIpc) is 2.62. The quantitative estimate of drug-likeness (QED) is 0.575. The minimum atomic E-state index is -0.510. The van der Waals surface area contributed by atoms with Crippen molar-refractivity contribution in [2.75, 3.05) is 18.8 Å². The Balaban J connectivity index is 1.83. The van der Waals surface area contributed by atoms with Crippen LogP contribution in [0.3, 0.4) is 0 Å². The van der Waals surface area contributed by atoms with E-state index in [-0.39, 0.29) is 35.5 Å². The van der Waals surface area contributed by atoms with Gasteiger partial charge in [0.1, 0.15) is 0 Å². The zero-order chi connectivity index (χ0) is 22.1. The molecule has 1 aliphatic heterocycles. The summed E-state index contributed by atoms with van der Waals surface area (Å²) in [5.74, 6) is -0.0918. The molecule has 3 rings (SSSR count). The van der Waals surface area contributed by atoms with Crippen LogP contribution in [0.5, 0.6) is 0 Å². The molecule has 0 saturated carbocycles. The molecular weight excluding hydrogens is 384 g/mol. The summed E-state index contributed by atoms with van der Waals surface area (Å²) in [6, 6.07) is 7.14. The summed E-state index contributed by atoms with van der Waals surface area (Å²) < 4.78 is 5.90. The average molecular weight is 412 g/mol. The fourth-order valence-corrected chi connectivity index (χ4v) is 3.84. The molecule has 1 fully saturated rings. The molecule has 0 spiro atoms. The van der Waals surface area contributed by atoms with Gasteiger partial charge in [-0.05, 0) is 49.9 Å². The molecule has 2 N–H and O–H groups in total. The van der Waals surface area contributed by atoms with E-state index in [1.165, 1.54) is 6.20 Å². The molecule has 1 aliphatic rings. The monoisotopic (exact) mass is 412 g/mol. The van der Waals surface area contributed by atoms with Crippen molar-refractivity contribution in [3.05, 3.63) is 51.7 Å². The van der Waals surface area contributed by atoms with Gasteiger partial charge < -0.3 is 15.4 Å². The summed E-state index contributed by atoms with van der Waals surface area (Å²) in [4.78, 5) is 29.5. The lowest BCUT2D eigenvalue weighted by Gasteiger charge is -2.42. The van der Waals surface area contributed by atoms with Crippen LogP contribution in [0, 0.1) is 10.1 Å². The van der Waals surface area contributed by atoms with Gasteiger partial charge in [-0.2, -0.15) is 0 Å². The van der Waals surface area contributed by atoms with E-state index >= 15 is 0 Å². The molecule has 2 heterocycles. The van der Waals surface area contributed by atoms with Crippen molar-refractivity contribution in [1.82, 2.24) is 9.88 Å². The molecule has 2 aromatic rings.